The highest BCUT2D eigenvalue weighted by molar-refractivity contribution is 5.95. The third-order valence-corrected chi connectivity index (χ3v) is 1.74. The van der Waals surface area contributed by atoms with E-state index in [1.807, 2.05) is 5.32 Å². The van der Waals surface area contributed by atoms with E-state index >= 15 is 0 Å². The van der Waals surface area contributed by atoms with E-state index in [0.717, 1.165) is 0 Å². The number of urea groups is 1. The monoisotopic (exact) mass is 245 g/mol. The van der Waals surface area contributed by atoms with Gasteiger partial charge in [0.1, 0.15) is 0 Å². The summed E-state index contributed by atoms with van der Waals surface area (Å²) in [5, 5.41) is 14.7. The summed E-state index contributed by atoms with van der Waals surface area (Å²) in [6, 6.07) is -0.783. The van der Waals surface area contributed by atoms with Crippen LogP contribution in [-0.4, -0.2) is 42.5 Å². The Bertz CT molecular complexity index is 316. The van der Waals surface area contributed by atoms with Crippen LogP contribution >= 0.6 is 0 Å². The first-order chi connectivity index (χ1) is 7.95. The highest BCUT2D eigenvalue weighted by Crippen LogP contribution is 1.94. The highest BCUT2D eigenvalue weighted by atomic mass is 16.4. The molecule has 0 saturated heterocycles. The first-order valence-electron chi connectivity index (χ1n) is 4.95. The maximum absolute atomic E-state index is 11.1. The van der Waals surface area contributed by atoms with Crippen LogP contribution in [0.5, 0.6) is 0 Å². The predicted molar refractivity (Wildman–Crippen MR) is 57.1 cm³/mol. The molecule has 0 fully saturated rings. The Labute approximate surface area is 97.7 Å². The zero-order valence-corrected chi connectivity index (χ0v) is 9.41. The van der Waals surface area contributed by atoms with Crippen molar-refractivity contribution in [3.05, 3.63) is 0 Å². The van der Waals surface area contributed by atoms with Crippen molar-refractivity contribution >= 4 is 23.8 Å². The van der Waals surface area contributed by atoms with Gasteiger partial charge in [0.05, 0.1) is 6.54 Å². The summed E-state index contributed by atoms with van der Waals surface area (Å²) in [5.74, 6) is -1.97. The summed E-state index contributed by atoms with van der Waals surface area (Å²) in [5.41, 5.74) is 0. The Morgan fingerprint density at radius 3 is 2.24 bits per heavy atom. The molecule has 0 aromatic heterocycles. The van der Waals surface area contributed by atoms with Gasteiger partial charge in [0.25, 0.3) is 0 Å². The molecule has 0 rings (SSSR count). The Balaban J connectivity index is 3.69. The minimum absolute atomic E-state index is 0.0559. The van der Waals surface area contributed by atoms with Crippen LogP contribution < -0.4 is 16.0 Å². The van der Waals surface area contributed by atoms with Gasteiger partial charge in [0, 0.05) is 19.9 Å². The number of hydrogen-bond acceptors (Lipinski definition) is 4. The molecule has 8 nitrogen and oxygen atoms in total. The lowest BCUT2D eigenvalue weighted by molar-refractivity contribution is -0.137. The van der Waals surface area contributed by atoms with Gasteiger partial charge in [-0.25, -0.2) is 4.79 Å². The maximum Gasteiger partial charge on any atom is 0.321 e. The fraction of sp³-hybridized carbons (Fsp3) is 0.556. The SMILES string of the molecule is CNC(=O)CNC(=O)NC(=O)CCCC(=O)O. The summed E-state index contributed by atoms with van der Waals surface area (Å²) in [4.78, 5) is 43.0. The molecule has 0 bridgehead atoms. The fourth-order valence-electron chi connectivity index (χ4n) is 0.882. The molecule has 8 heteroatoms. The lowest BCUT2D eigenvalue weighted by atomic mass is 10.2. The molecule has 0 saturated carbocycles. The van der Waals surface area contributed by atoms with Gasteiger partial charge < -0.3 is 15.7 Å². The Morgan fingerprint density at radius 2 is 1.71 bits per heavy atom. The second-order valence-electron chi connectivity index (χ2n) is 3.15. The molecule has 0 spiro atoms. The number of amides is 4. The molecule has 0 aromatic carbocycles. The van der Waals surface area contributed by atoms with E-state index in [1.165, 1.54) is 7.05 Å². The van der Waals surface area contributed by atoms with E-state index in [2.05, 4.69) is 10.6 Å². The lowest BCUT2D eigenvalue weighted by Gasteiger charge is -2.05. The molecular weight excluding hydrogens is 230 g/mol. The average molecular weight is 245 g/mol. The number of imide groups is 1. The van der Waals surface area contributed by atoms with Crippen molar-refractivity contribution in [3.63, 3.8) is 0 Å². The summed E-state index contributed by atoms with van der Waals surface area (Å²) >= 11 is 0. The fourth-order valence-corrected chi connectivity index (χ4v) is 0.882. The molecular formula is C9H15N3O5. The van der Waals surface area contributed by atoms with Gasteiger partial charge in [-0.3, -0.25) is 19.7 Å². The smallest absolute Gasteiger partial charge is 0.321 e. The van der Waals surface area contributed by atoms with Crippen molar-refractivity contribution in [1.82, 2.24) is 16.0 Å². The van der Waals surface area contributed by atoms with E-state index < -0.39 is 23.8 Å². The van der Waals surface area contributed by atoms with Crippen molar-refractivity contribution in [2.75, 3.05) is 13.6 Å². The third kappa shape index (κ3) is 8.85. The summed E-state index contributed by atoms with van der Waals surface area (Å²) < 4.78 is 0. The molecule has 0 aliphatic heterocycles. The van der Waals surface area contributed by atoms with Crippen LogP contribution in [0.4, 0.5) is 4.79 Å². The number of carbonyl (C=O) groups excluding carboxylic acids is 3. The first-order valence-corrected chi connectivity index (χ1v) is 4.95. The Hall–Kier alpha value is -2.12. The second kappa shape index (κ2) is 8.08. The number of likely N-dealkylation sites (N-methyl/N-ethyl adjacent to an activating group) is 1. The molecule has 4 N–H and O–H groups in total. The number of aliphatic carboxylic acids is 1. The lowest BCUT2D eigenvalue weighted by Crippen LogP contribution is -2.43. The molecule has 0 aliphatic rings. The summed E-state index contributed by atoms with van der Waals surface area (Å²) in [6.07, 6.45) is -0.0309. The highest BCUT2D eigenvalue weighted by Gasteiger charge is 2.09. The Morgan fingerprint density at radius 1 is 1.06 bits per heavy atom. The van der Waals surface area contributed by atoms with Gasteiger partial charge in [-0.1, -0.05) is 0 Å². The van der Waals surface area contributed by atoms with Gasteiger partial charge in [0.15, 0.2) is 0 Å². The molecule has 0 heterocycles. The molecule has 4 amide bonds. The van der Waals surface area contributed by atoms with Gasteiger partial charge in [-0.15, -0.1) is 0 Å². The van der Waals surface area contributed by atoms with Crippen LogP contribution in [0.25, 0.3) is 0 Å². The Kier molecular flexibility index (Phi) is 7.07. The minimum Gasteiger partial charge on any atom is -0.481 e. The largest absolute Gasteiger partial charge is 0.481 e. The van der Waals surface area contributed by atoms with Crippen molar-refractivity contribution < 1.29 is 24.3 Å². The number of nitrogens with one attached hydrogen (secondary N) is 3. The van der Waals surface area contributed by atoms with Crippen LogP contribution in [0.1, 0.15) is 19.3 Å². The first kappa shape index (κ1) is 14.9. The van der Waals surface area contributed by atoms with Gasteiger partial charge in [-0.05, 0) is 6.42 Å². The molecule has 0 aliphatic carbocycles. The van der Waals surface area contributed by atoms with Crippen LogP contribution in [0.2, 0.25) is 0 Å². The zero-order chi connectivity index (χ0) is 13.3. The topological polar surface area (TPSA) is 125 Å². The van der Waals surface area contributed by atoms with E-state index in [9.17, 15) is 19.2 Å². The van der Waals surface area contributed by atoms with Crippen LogP contribution in [0, 0.1) is 0 Å². The van der Waals surface area contributed by atoms with E-state index in [0.29, 0.717) is 0 Å². The van der Waals surface area contributed by atoms with Gasteiger partial charge >= 0.3 is 12.0 Å². The van der Waals surface area contributed by atoms with Crippen molar-refractivity contribution in [2.45, 2.75) is 19.3 Å². The number of carboxylic acid groups (broad SMARTS) is 1. The van der Waals surface area contributed by atoms with Crippen LogP contribution in [0.3, 0.4) is 0 Å². The number of hydrogen-bond donors (Lipinski definition) is 4. The predicted octanol–water partition coefficient (Wildman–Crippen LogP) is -1.19. The molecule has 0 unspecified atom stereocenters. The van der Waals surface area contributed by atoms with Crippen LogP contribution in [0.15, 0.2) is 0 Å². The van der Waals surface area contributed by atoms with E-state index in [-0.39, 0.29) is 25.8 Å². The number of rotatable bonds is 6. The van der Waals surface area contributed by atoms with Crippen molar-refractivity contribution in [1.29, 1.82) is 0 Å². The quantitative estimate of drug-likeness (QED) is 0.468. The van der Waals surface area contributed by atoms with Crippen LogP contribution in [-0.2, 0) is 14.4 Å². The normalized spacial score (nSPS) is 9.24. The average Bonchev–Trinajstić information content (AvgIpc) is 2.25. The standard InChI is InChI=1S/C9H15N3O5/c1-10-7(14)5-11-9(17)12-6(13)3-2-4-8(15)16/h2-5H2,1H3,(H,10,14)(H,15,16)(H2,11,12,13,17). The molecule has 17 heavy (non-hydrogen) atoms. The maximum atomic E-state index is 11.1. The minimum atomic E-state index is -0.998. The molecule has 0 atom stereocenters. The van der Waals surface area contributed by atoms with E-state index in [4.69, 9.17) is 5.11 Å². The summed E-state index contributed by atoms with van der Waals surface area (Å²) in [6.45, 7) is -0.231. The molecule has 0 radical (unpaired) electrons. The van der Waals surface area contributed by atoms with E-state index in [1.54, 1.807) is 0 Å². The zero-order valence-electron chi connectivity index (χ0n) is 9.41. The van der Waals surface area contributed by atoms with Crippen molar-refractivity contribution in [2.24, 2.45) is 0 Å². The van der Waals surface area contributed by atoms with Gasteiger partial charge in [0.2, 0.25) is 11.8 Å². The van der Waals surface area contributed by atoms with Crippen molar-refractivity contribution in [3.8, 4) is 0 Å². The number of carboxylic acids is 1. The summed E-state index contributed by atoms with van der Waals surface area (Å²) in [7, 11) is 1.42. The molecule has 0 aromatic rings. The van der Waals surface area contributed by atoms with Gasteiger partial charge in [-0.2, -0.15) is 0 Å². The molecule has 96 valence electrons. The third-order valence-electron chi connectivity index (χ3n) is 1.74. The second-order valence-corrected chi connectivity index (χ2v) is 3.15. The number of carbonyl (C=O) groups is 4.